The van der Waals surface area contributed by atoms with E-state index in [0.29, 0.717) is 17.8 Å². The smallest absolute Gasteiger partial charge is 0.218 e. The molecule has 6 heteroatoms. The third-order valence-corrected chi connectivity index (χ3v) is 5.16. The molecule has 1 atom stereocenters. The number of nitrogens with two attached hydrogens (primary N) is 1. The Morgan fingerprint density at radius 2 is 2.11 bits per heavy atom. The van der Waals surface area contributed by atoms with E-state index in [2.05, 4.69) is 0 Å². The van der Waals surface area contributed by atoms with Crippen molar-refractivity contribution < 1.29 is 13.5 Å². The van der Waals surface area contributed by atoms with Crippen LogP contribution < -0.4 is 5.73 Å². The molecular weight excluding hydrogens is 252 g/mol. The number of hydrogen-bond acceptors (Lipinski definition) is 4. The van der Waals surface area contributed by atoms with Crippen LogP contribution in [0.4, 0.5) is 5.69 Å². The maximum Gasteiger partial charge on any atom is 0.218 e. The zero-order chi connectivity index (χ0) is 13.2. The summed E-state index contributed by atoms with van der Waals surface area (Å²) in [6.07, 6.45) is 1.52. The first-order chi connectivity index (χ1) is 8.54. The molecule has 0 saturated carbocycles. The average molecular weight is 270 g/mol. The molecule has 1 saturated heterocycles. The van der Waals surface area contributed by atoms with E-state index in [9.17, 15) is 13.5 Å². The minimum atomic E-state index is -3.40. The first-order valence-corrected chi connectivity index (χ1v) is 7.59. The summed E-state index contributed by atoms with van der Waals surface area (Å²) in [6, 6.07) is 6.68. The topological polar surface area (TPSA) is 83.6 Å². The summed E-state index contributed by atoms with van der Waals surface area (Å²) in [5.74, 6) is -0.101. The molecule has 0 amide bonds. The van der Waals surface area contributed by atoms with E-state index in [4.69, 9.17) is 5.73 Å². The van der Waals surface area contributed by atoms with E-state index in [1.807, 2.05) is 0 Å². The van der Waals surface area contributed by atoms with Gasteiger partial charge in [0, 0.05) is 18.3 Å². The first-order valence-electron chi connectivity index (χ1n) is 5.98. The average Bonchev–Trinajstić information content (AvgIpc) is 2.81. The Hall–Kier alpha value is -1.11. The number of anilines is 1. The van der Waals surface area contributed by atoms with Crippen LogP contribution in [0.1, 0.15) is 18.4 Å². The van der Waals surface area contributed by atoms with Crippen LogP contribution in [0.25, 0.3) is 0 Å². The van der Waals surface area contributed by atoms with Gasteiger partial charge in [0.05, 0.1) is 12.4 Å². The molecular formula is C12H18N2O3S. The monoisotopic (exact) mass is 270 g/mol. The van der Waals surface area contributed by atoms with Crippen LogP contribution in [0, 0.1) is 0 Å². The minimum Gasteiger partial charge on any atom is -0.398 e. The van der Waals surface area contributed by atoms with E-state index >= 15 is 0 Å². The number of nitrogen functional groups attached to an aromatic ring is 1. The lowest BCUT2D eigenvalue weighted by molar-refractivity contribution is 0.213. The zero-order valence-electron chi connectivity index (χ0n) is 10.1. The van der Waals surface area contributed by atoms with Crippen molar-refractivity contribution in [2.75, 3.05) is 18.9 Å². The lowest BCUT2D eigenvalue weighted by Gasteiger charge is -2.22. The molecule has 1 fully saturated rings. The Morgan fingerprint density at radius 3 is 2.78 bits per heavy atom. The fourth-order valence-corrected chi connectivity index (χ4v) is 4.16. The second-order valence-corrected chi connectivity index (χ2v) is 6.47. The second kappa shape index (κ2) is 5.26. The lowest BCUT2D eigenvalue weighted by Crippen LogP contribution is -2.38. The number of rotatable bonds is 4. The Morgan fingerprint density at radius 1 is 1.39 bits per heavy atom. The molecule has 5 nitrogen and oxygen atoms in total. The molecule has 100 valence electrons. The number of nitrogens with zero attached hydrogens (tertiary/aromatic N) is 1. The molecule has 0 aromatic heterocycles. The van der Waals surface area contributed by atoms with Crippen molar-refractivity contribution in [1.29, 1.82) is 0 Å². The number of hydrogen-bond donors (Lipinski definition) is 2. The normalized spacial score (nSPS) is 21.3. The molecule has 1 aromatic rings. The van der Waals surface area contributed by atoms with Crippen molar-refractivity contribution in [3.05, 3.63) is 29.8 Å². The molecule has 1 aromatic carbocycles. The molecule has 18 heavy (non-hydrogen) atoms. The molecule has 1 aliphatic heterocycles. The highest BCUT2D eigenvalue weighted by Gasteiger charge is 2.33. The van der Waals surface area contributed by atoms with E-state index < -0.39 is 10.0 Å². The predicted molar refractivity (Wildman–Crippen MR) is 70.3 cm³/mol. The van der Waals surface area contributed by atoms with Gasteiger partial charge in [-0.25, -0.2) is 8.42 Å². The fraction of sp³-hybridized carbons (Fsp3) is 0.500. The van der Waals surface area contributed by atoms with Gasteiger partial charge >= 0.3 is 0 Å². The fourth-order valence-electron chi connectivity index (χ4n) is 2.30. The van der Waals surface area contributed by atoms with Gasteiger partial charge in [-0.05, 0) is 24.5 Å². The number of aliphatic hydroxyl groups is 1. The van der Waals surface area contributed by atoms with Gasteiger partial charge < -0.3 is 10.8 Å². The van der Waals surface area contributed by atoms with E-state index in [1.165, 1.54) is 4.31 Å². The molecule has 0 bridgehead atoms. The third kappa shape index (κ3) is 2.66. The van der Waals surface area contributed by atoms with Crippen molar-refractivity contribution in [2.24, 2.45) is 0 Å². The van der Waals surface area contributed by atoms with Crippen LogP contribution in [-0.2, 0) is 15.8 Å². The zero-order valence-corrected chi connectivity index (χ0v) is 10.9. The van der Waals surface area contributed by atoms with Crippen molar-refractivity contribution in [3.63, 3.8) is 0 Å². The number of benzene rings is 1. The van der Waals surface area contributed by atoms with Gasteiger partial charge in [-0.2, -0.15) is 4.31 Å². The lowest BCUT2D eigenvalue weighted by atomic mass is 10.2. The first kappa shape index (κ1) is 13.3. The Labute approximate surface area is 107 Å². The Bertz CT molecular complexity index is 516. The van der Waals surface area contributed by atoms with Gasteiger partial charge in [-0.15, -0.1) is 0 Å². The molecule has 0 radical (unpaired) electrons. The standard InChI is InChI=1S/C12H18N2O3S/c13-12-6-2-1-4-10(12)9-18(16,17)14-7-3-5-11(14)8-15/h1-2,4,6,11,15H,3,5,7-9,13H2. The van der Waals surface area contributed by atoms with Gasteiger partial charge in [0.2, 0.25) is 10.0 Å². The van der Waals surface area contributed by atoms with Crippen LogP contribution in [0.15, 0.2) is 24.3 Å². The molecule has 0 spiro atoms. The largest absolute Gasteiger partial charge is 0.398 e. The highest BCUT2D eigenvalue weighted by atomic mass is 32.2. The number of para-hydroxylation sites is 1. The van der Waals surface area contributed by atoms with E-state index in [-0.39, 0.29) is 18.4 Å². The van der Waals surface area contributed by atoms with Crippen molar-refractivity contribution in [1.82, 2.24) is 4.31 Å². The molecule has 2 rings (SSSR count). The van der Waals surface area contributed by atoms with Crippen LogP contribution in [0.2, 0.25) is 0 Å². The quantitative estimate of drug-likeness (QED) is 0.783. The van der Waals surface area contributed by atoms with Gasteiger partial charge in [0.25, 0.3) is 0 Å². The summed E-state index contributed by atoms with van der Waals surface area (Å²) in [4.78, 5) is 0. The number of sulfonamides is 1. The van der Waals surface area contributed by atoms with Crippen LogP contribution >= 0.6 is 0 Å². The maximum atomic E-state index is 12.3. The van der Waals surface area contributed by atoms with Crippen molar-refractivity contribution in [2.45, 2.75) is 24.6 Å². The summed E-state index contributed by atoms with van der Waals surface area (Å²) < 4.78 is 26.0. The summed E-state index contributed by atoms with van der Waals surface area (Å²) in [6.45, 7) is 0.365. The van der Waals surface area contributed by atoms with Crippen LogP contribution in [0.3, 0.4) is 0 Å². The molecule has 3 N–H and O–H groups in total. The second-order valence-electron chi connectivity index (χ2n) is 4.54. The Kier molecular flexibility index (Phi) is 3.89. The van der Waals surface area contributed by atoms with Crippen molar-refractivity contribution >= 4 is 15.7 Å². The SMILES string of the molecule is Nc1ccccc1CS(=O)(=O)N1CCCC1CO. The van der Waals surface area contributed by atoms with Crippen LogP contribution in [0.5, 0.6) is 0 Å². The predicted octanol–water partition coefficient (Wildman–Crippen LogP) is 0.555. The van der Waals surface area contributed by atoms with E-state index in [0.717, 1.165) is 12.8 Å². The van der Waals surface area contributed by atoms with E-state index in [1.54, 1.807) is 24.3 Å². The third-order valence-electron chi connectivity index (χ3n) is 3.28. The number of aliphatic hydroxyl groups excluding tert-OH is 1. The van der Waals surface area contributed by atoms with Gasteiger partial charge in [0.1, 0.15) is 0 Å². The molecule has 1 heterocycles. The van der Waals surface area contributed by atoms with Gasteiger partial charge in [-0.1, -0.05) is 18.2 Å². The summed E-state index contributed by atoms with van der Waals surface area (Å²) in [5.41, 5.74) is 6.86. The Balaban J connectivity index is 2.20. The molecule has 1 aliphatic rings. The van der Waals surface area contributed by atoms with Gasteiger partial charge in [0.15, 0.2) is 0 Å². The van der Waals surface area contributed by atoms with Gasteiger partial charge in [-0.3, -0.25) is 0 Å². The summed E-state index contributed by atoms with van der Waals surface area (Å²) in [7, 11) is -3.40. The molecule has 0 aliphatic carbocycles. The highest BCUT2D eigenvalue weighted by molar-refractivity contribution is 7.88. The maximum absolute atomic E-state index is 12.3. The summed E-state index contributed by atoms with van der Waals surface area (Å²) in [5, 5.41) is 9.19. The molecule has 1 unspecified atom stereocenters. The minimum absolute atomic E-state index is 0.101. The summed E-state index contributed by atoms with van der Waals surface area (Å²) >= 11 is 0. The van der Waals surface area contributed by atoms with Crippen molar-refractivity contribution in [3.8, 4) is 0 Å². The highest BCUT2D eigenvalue weighted by Crippen LogP contribution is 2.24. The van der Waals surface area contributed by atoms with Crippen LogP contribution in [-0.4, -0.2) is 37.0 Å².